The number of carbonyl (C=O) groups is 1. The minimum Gasteiger partial charge on any atom is -0.457 e. The molecule has 2 heteroatoms. The van der Waals surface area contributed by atoms with Crippen LogP contribution >= 0.6 is 0 Å². The van der Waals surface area contributed by atoms with Crippen molar-refractivity contribution in [2.24, 2.45) is 0 Å². The van der Waals surface area contributed by atoms with Crippen LogP contribution in [0.1, 0.15) is 34.1 Å². The Kier molecular flexibility index (Phi) is 4.46. The fourth-order valence-electron chi connectivity index (χ4n) is 0.694. The van der Waals surface area contributed by atoms with E-state index in [9.17, 15) is 4.79 Å². The summed E-state index contributed by atoms with van der Waals surface area (Å²) < 4.78 is 5.12. The lowest BCUT2D eigenvalue weighted by atomic mass is 10.1. The van der Waals surface area contributed by atoms with Crippen molar-refractivity contribution in [2.75, 3.05) is 0 Å². The van der Waals surface area contributed by atoms with Gasteiger partial charge in [-0.05, 0) is 34.1 Å². The molecule has 0 aromatic rings. The minimum atomic E-state index is -0.435. The van der Waals surface area contributed by atoms with E-state index in [0.29, 0.717) is 12.0 Å². The van der Waals surface area contributed by atoms with Gasteiger partial charge in [0, 0.05) is 5.57 Å². The van der Waals surface area contributed by atoms with Crippen molar-refractivity contribution < 1.29 is 9.53 Å². The van der Waals surface area contributed by atoms with Gasteiger partial charge in [0.1, 0.15) is 5.60 Å². The van der Waals surface area contributed by atoms with Crippen molar-refractivity contribution in [1.82, 2.24) is 0 Å². The third kappa shape index (κ3) is 6.14. The second-order valence-corrected chi connectivity index (χ2v) is 3.88. The predicted molar refractivity (Wildman–Crippen MR) is 54.4 cm³/mol. The topological polar surface area (TPSA) is 26.3 Å². The highest BCUT2D eigenvalue weighted by molar-refractivity contribution is 5.88. The van der Waals surface area contributed by atoms with E-state index in [0.717, 1.165) is 0 Å². The molecule has 0 aliphatic rings. The van der Waals surface area contributed by atoms with E-state index in [1.165, 1.54) is 0 Å². The molecule has 0 spiro atoms. The average Bonchev–Trinajstić information content (AvgIpc) is 1.96. The molecule has 0 amide bonds. The van der Waals surface area contributed by atoms with Crippen molar-refractivity contribution >= 4 is 5.97 Å². The smallest absolute Gasteiger partial charge is 0.334 e. The molecule has 0 aromatic heterocycles. The van der Waals surface area contributed by atoms with Gasteiger partial charge in [0.15, 0.2) is 0 Å². The fraction of sp³-hybridized carbons (Fsp3) is 0.545. The van der Waals surface area contributed by atoms with Gasteiger partial charge in [-0.1, -0.05) is 18.7 Å². The maximum atomic E-state index is 11.3. The van der Waals surface area contributed by atoms with Crippen molar-refractivity contribution in [3.63, 3.8) is 0 Å². The standard InChI is InChI=1S/C11H18O2/c1-6-7-8-9(2)10(12)13-11(3,4)5/h6-7H,2,8H2,1,3-5H3/b7-6+. The lowest BCUT2D eigenvalue weighted by Crippen LogP contribution is -2.24. The quantitative estimate of drug-likeness (QED) is 0.381. The number of carbonyl (C=O) groups excluding carboxylic acids is 1. The zero-order valence-electron chi connectivity index (χ0n) is 8.89. The van der Waals surface area contributed by atoms with Crippen LogP contribution in [0, 0.1) is 0 Å². The highest BCUT2D eigenvalue weighted by Crippen LogP contribution is 2.11. The van der Waals surface area contributed by atoms with Crippen molar-refractivity contribution in [3.05, 3.63) is 24.3 Å². The minimum absolute atomic E-state index is 0.314. The molecule has 0 saturated heterocycles. The molecule has 0 bridgehead atoms. The van der Waals surface area contributed by atoms with Crippen LogP contribution in [0.4, 0.5) is 0 Å². The lowest BCUT2D eigenvalue weighted by molar-refractivity contribution is -0.149. The molecule has 0 heterocycles. The van der Waals surface area contributed by atoms with Gasteiger partial charge in [-0.25, -0.2) is 4.79 Å². The molecule has 0 unspecified atom stereocenters. The van der Waals surface area contributed by atoms with Crippen LogP contribution in [0.2, 0.25) is 0 Å². The first-order valence-corrected chi connectivity index (χ1v) is 4.39. The molecular weight excluding hydrogens is 164 g/mol. The molecule has 74 valence electrons. The number of rotatable bonds is 3. The van der Waals surface area contributed by atoms with Crippen molar-refractivity contribution in [2.45, 2.75) is 39.7 Å². The Morgan fingerprint density at radius 2 is 2.00 bits per heavy atom. The Morgan fingerprint density at radius 3 is 2.38 bits per heavy atom. The molecule has 0 atom stereocenters. The molecule has 0 aliphatic heterocycles. The van der Waals surface area contributed by atoms with Crippen LogP contribution in [-0.4, -0.2) is 11.6 Å². The number of esters is 1. The maximum Gasteiger partial charge on any atom is 0.334 e. The highest BCUT2D eigenvalue weighted by Gasteiger charge is 2.17. The molecule has 2 nitrogen and oxygen atoms in total. The monoisotopic (exact) mass is 182 g/mol. The predicted octanol–water partition coefficient (Wildman–Crippen LogP) is 2.85. The van der Waals surface area contributed by atoms with E-state index in [-0.39, 0.29) is 5.97 Å². The van der Waals surface area contributed by atoms with E-state index in [4.69, 9.17) is 4.74 Å². The van der Waals surface area contributed by atoms with Crippen LogP contribution in [0.5, 0.6) is 0 Å². The Hall–Kier alpha value is -1.05. The molecule has 0 rings (SSSR count). The van der Waals surface area contributed by atoms with E-state index in [1.54, 1.807) is 0 Å². The fourth-order valence-corrected chi connectivity index (χ4v) is 0.694. The van der Waals surface area contributed by atoms with E-state index < -0.39 is 5.60 Å². The summed E-state index contributed by atoms with van der Waals surface area (Å²) in [5.74, 6) is -0.314. The first-order chi connectivity index (χ1) is 5.87. The summed E-state index contributed by atoms with van der Waals surface area (Å²) in [4.78, 5) is 11.3. The second kappa shape index (κ2) is 4.85. The summed E-state index contributed by atoms with van der Waals surface area (Å²) in [6, 6.07) is 0. The molecule has 0 saturated carbocycles. The largest absolute Gasteiger partial charge is 0.457 e. The van der Waals surface area contributed by atoms with E-state index in [2.05, 4.69) is 6.58 Å². The first-order valence-electron chi connectivity index (χ1n) is 4.39. The zero-order chi connectivity index (χ0) is 10.5. The van der Waals surface area contributed by atoms with E-state index in [1.807, 2.05) is 39.8 Å². The van der Waals surface area contributed by atoms with Gasteiger partial charge >= 0.3 is 5.97 Å². The zero-order valence-corrected chi connectivity index (χ0v) is 8.89. The summed E-state index contributed by atoms with van der Waals surface area (Å²) in [5.41, 5.74) is 0.0590. The Bertz CT molecular complexity index is 219. The third-order valence-electron chi connectivity index (χ3n) is 1.29. The van der Waals surface area contributed by atoms with Crippen LogP contribution in [0.15, 0.2) is 24.3 Å². The van der Waals surface area contributed by atoms with Crippen LogP contribution in [-0.2, 0) is 9.53 Å². The van der Waals surface area contributed by atoms with Crippen LogP contribution in [0.25, 0.3) is 0 Å². The third-order valence-corrected chi connectivity index (χ3v) is 1.29. The number of hydrogen-bond acceptors (Lipinski definition) is 2. The summed E-state index contributed by atoms with van der Waals surface area (Å²) in [5, 5.41) is 0. The summed E-state index contributed by atoms with van der Waals surface area (Å²) in [7, 11) is 0. The molecule has 0 aromatic carbocycles. The van der Waals surface area contributed by atoms with Crippen molar-refractivity contribution in [1.29, 1.82) is 0 Å². The Balaban J connectivity index is 4.05. The van der Waals surface area contributed by atoms with Crippen LogP contribution in [0.3, 0.4) is 0 Å². The molecule has 0 fully saturated rings. The van der Waals surface area contributed by atoms with Gasteiger partial charge in [0.25, 0.3) is 0 Å². The molecule has 0 aliphatic carbocycles. The number of hydrogen-bond donors (Lipinski definition) is 0. The average molecular weight is 182 g/mol. The maximum absolute atomic E-state index is 11.3. The summed E-state index contributed by atoms with van der Waals surface area (Å²) in [6.45, 7) is 11.1. The number of ether oxygens (including phenoxy) is 1. The number of allylic oxidation sites excluding steroid dienone is 2. The Labute approximate surface area is 80.3 Å². The lowest BCUT2D eigenvalue weighted by Gasteiger charge is -2.19. The van der Waals surface area contributed by atoms with Crippen LogP contribution < -0.4 is 0 Å². The van der Waals surface area contributed by atoms with Gasteiger partial charge in [0.2, 0.25) is 0 Å². The van der Waals surface area contributed by atoms with Crippen molar-refractivity contribution in [3.8, 4) is 0 Å². The summed E-state index contributed by atoms with van der Waals surface area (Å²) >= 11 is 0. The van der Waals surface area contributed by atoms with Gasteiger partial charge in [-0.15, -0.1) is 0 Å². The van der Waals surface area contributed by atoms with Gasteiger partial charge in [-0.3, -0.25) is 0 Å². The van der Waals surface area contributed by atoms with Gasteiger partial charge in [-0.2, -0.15) is 0 Å². The highest BCUT2D eigenvalue weighted by atomic mass is 16.6. The normalized spacial score (nSPS) is 11.7. The molecular formula is C11H18O2. The second-order valence-electron chi connectivity index (χ2n) is 3.88. The SMILES string of the molecule is C=C(C/C=C/C)C(=O)OC(C)(C)C. The molecule has 0 N–H and O–H groups in total. The first kappa shape index (κ1) is 11.9. The molecule has 0 radical (unpaired) electrons. The van der Waals surface area contributed by atoms with E-state index >= 15 is 0 Å². The Morgan fingerprint density at radius 1 is 1.46 bits per heavy atom. The van der Waals surface area contributed by atoms with Gasteiger partial charge in [0.05, 0.1) is 0 Å². The molecule has 13 heavy (non-hydrogen) atoms. The summed E-state index contributed by atoms with van der Waals surface area (Å²) in [6.07, 6.45) is 4.33. The van der Waals surface area contributed by atoms with Gasteiger partial charge < -0.3 is 4.74 Å².